The van der Waals surface area contributed by atoms with Crippen molar-refractivity contribution in [2.24, 2.45) is 0 Å². The van der Waals surface area contributed by atoms with Gasteiger partial charge in [-0.25, -0.2) is 0 Å². The molecule has 5 heteroatoms. The molecular formula is C25H33NO4. The van der Waals surface area contributed by atoms with Crippen molar-refractivity contribution in [3.05, 3.63) is 65.7 Å². The van der Waals surface area contributed by atoms with Gasteiger partial charge in [0.2, 0.25) is 5.91 Å². The number of nitrogens with zero attached hydrogens (tertiary/aromatic N) is 1. The highest BCUT2D eigenvalue weighted by Crippen LogP contribution is 2.28. The van der Waals surface area contributed by atoms with E-state index < -0.39 is 11.4 Å². The highest BCUT2D eigenvalue weighted by Gasteiger charge is 2.33. The molecular weight excluding hydrogens is 378 g/mol. The third-order valence-corrected chi connectivity index (χ3v) is 5.44. The van der Waals surface area contributed by atoms with Crippen LogP contribution in [0.4, 0.5) is 0 Å². The Morgan fingerprint density at radius 3 is 2.17 bits per heavy atom. The summed E-state index contributed by atoms with van der Waals surface area (Å²) in [5.41, 5.74) is 1.52. The van der Waals surface area contributed by atoms with Crippen LogP contribution in [0.3, 0.4) is 0 Å². The lowest BCUT2D eigenvalue weighted by Crippen LogP contribution is -2.44. The first-order valence-electron chi connectivity index (χ1n) is 10.5. The summed E-state index contributed by atoms with van der Waals surface area (Å²) in [6.45, 7) is 5.11. The molecule has 0 fully saturated rings. The van der Waals surface area contributed by atoms with E-state index in [2.05, 4.69) is 12.1 Å². The van der Waals surface area contributed by atoms with Gasteiger partial charge in [-0.1, -0.05) is 42.5 Å². The van der Waals surface area contributed by atoms with Crippen LogP contribution in [-0.2, 0) is 21.4 Å². The second kappa shape index (κ2) is 11.4. The number of unbranched alkanes of at least 4 members (excludes halogenated alkanes) is 1. The van der Waals surface area contributed by atoms with Crippen LogP contribution in [0.2, 0.25) is 0 Å². The van der Waals surface area contributed by atoms with E-state index in [1.165, 1.54) is 5.56 Å². The van der Waals surface area contributed by atoms with Gasteiger partial charge < -0.3 is 14.7 Å². The number of hydrogen-bond acceptors (Lipinski definition) is 3. The topological polar surface area (TPSA) is 66.8 Å². The number of methoxy groups -OCH3 is 1. The summed E-state index contributed by atoms with van der Waals surface area (Å²) in [6.07, 6.45) is 3.16. The summed E-state index contributed by atoms with van der Waals surface area (Å²) in [4.78, 5) is 26.2. The van der Waals surface area contributed by atoms with E-state index in [4.69, 9.17) is 9.84 Å². The van der Waals surface area contributed by atoms with Crippen LogP contribution in [0.25, 0.3) is 0 Å². The van der Waals surface area contributed by atoms with Gasteiger partial charge in [0, 0.05) is 19.5 Å². The third-order valence-electron chi connectivity index (χ3n) is 5.44. The van der Waals surface area contributed by atoms with E-state index in [0.29, 0.717) is 25.9 Å². The number of carbonyl (C=O) groups is 2. The summed E-state index contributed by atoms with van der Waals surface area (Å²) in [5, 5.41) is 8.89. The number of carboxylic acids is 1. The van der Waals surface area contributed by atoms with Crippen LogP contribution < -0.4 is 4.74 Å². The maximum Gasteiger partial charge on any atom is 0.303 e. The average Bonchev–Trinajstić information content (AvgIpc) is 2.75. The van der Waals surface area contributed by atoms with Gasteiger partial charge in [-0.3, -0.25) is 9.59 Å². The minimum absolute atomic E-state index is 0.0658. The summed E-state index contributed by atoms with van der Waals surface area (Å²) < 4.78 is 5.23. The van der Waals surface area contributed by atoms with Crippen molar-refractivity contribution in [2.45, 2.75) is 51.4 Å². The van der Waals surface area contributed by atoms with Gasteiger partial charge in [-0.05, 0) is 62.8 Å². The van der Waals surface area contributed by atoms with Crippen LogP contribution in [-0.4, -0.2) is 42.1 Å². The molecule has 2 aromatic carbocycles. The largest absolute Gasteiger partial charge is 0.497 e. The molecule has 0 heterocycles. The second-order valence-electron chi connectivity index (χ2n) is 8.09. The maximum absolute atomic E-state index is 13.5. The van der Waals surface area contributed by atoms with Crippen molar-refractivity contribution in [2.75, 3.05) is 20.2 Å². The molecule has 1 N–H and O–H groups in total. The Kier molecular flexibility index (Phi) is 8.90. The lowest BCUT2D eigenvalue weighted by molar-refractivity contribution is -0.137. The van der Waals surface area contributed by atoms with Gasteiger partial charge in [-0.2, -0.15) is 0 Å². The number of amides is 1. The van der Waals surface area contributed by atoms with Crippen molar-refractivity contribution in [3.8, 4) is 5.75 Å². The highest BCUT2D eigenvalue weighted by molar-refractivity contribution is 5.87. The van der Waals surface area contributed by atoms with E-state index in [1.807, 2.05) is 61.2 Å². The van der Waals surface area contributed by atoms with Crippen molar-refractivity contribution in [3.63, 3.8) is 0 Å². The lowest BCUT2D eigenvalue weighted by Gasteiger charge is -2.32. The molecule has 0 saturated heterocycles. The fraction of sp³-hybridized carbons (Fsp3) is 0.440. The van der Waals surface area contributed by atoms with Crippen LogP contribution in [0.1, 0.15) is 50.7 Å². The molecule has 0 bridgehead atoms. The predicted molar refractivity (Wildman–Crippen MR) is 119 cm³/mol. The highest BCUT2D eigenvalue weighted by atomic mass is 16.5. The number of aryl methyl sites for hydroxylation is 1. The molecule has 0 spiro atoms. The van der Waals surface area contributed by atoms with Gasteiger partial charge >= 0.3 is 5.97 Å². The molecule has 5 nitrogen and oxygen atoms in total. The molecule has 0 radical (unpaired) electrons. The van der Waals surface area contributed by atoms with Crippen LogP contribution in [0.15, 0.2) is 54.6 Å². The van der Waals surface area contributed by atoms with Gasteiger partial charge in [0.1, 0.15) is 5.75 Å². The number of hydrogen-bond donors (Lipinski definition) is 1. The quantitative estimate of drug-likeness (QED) is 0.515. The SMILES string of the molecule is COc1ccc(C(C)(C)C(=O)N(CCCCC(=O)O)CCCc2ccccc2)cc1. The molecule has 2 rings (SSSR count). The monoisotopic (exact) mass is 411 g/mol. The Bertz CT molecular complexity index is 800. The zero-order valence-electron chi connectivity index (χ0n) is 18.3. The van der Waals surface area contributed by atoms with E-state index in [0.717, 1.165) is 24.2 Å². The fourth-order valence-electron chi connectivity index (χ4n) is 3.54. The van der Waals surface area contributed by atoms with E-state index in [1.54, 1.807) is 7.11 Å². The molecule has 0 aliphatic rings. The first-order valence-corrected chi connectivity index (χ1v) is 10.5. The summed E-state index contributed by atoms with van der Waals surface area (Å²) >= 11 is 0. The first-order chi connectivity index (χ1) is 14.3. The molecule has 162 valence electrons. The Hall–Kier alpha value is -2.82. The molecule has 0 saturated carbocycles. The molecule has 0 unspecified atom stereocenters. The minimum Gasteiger partial charge on any atom is -0.497 e. The molecule has 1 amide bonds. The van der Waals surface area contributed by atoms with Gasteiger partial charge in [-0.15, -0.1) is 0 Å². The van der Waals surface area contributed by atoms with E-state index in [-0.39, 0.29) is 12.3 Å². The summed E-state index contributed by atoms with van der Waals surface area (Å²) in [5.74, 6) is 0.0296. The fourth-order valence-corrected chi connectivity index (χ4v) is 3.54. The molecule has 0 aliphatic heterocycles. The van der Waals surface area contributed by atoms with Crippen molar-refractivity contribution >= 4 is 11.9 Å². The van der Waals surface area contributed by atoms with Gasteiger partial charge in [0.15, 0.2) is 0 Å². The van der Waals surface area contributed by atoms with Crippen molar-refractivity contribution < 1.29 is 19.4 Å². The third kappa shape index (κ3) is 6.90. The zero-order chi connectivity index (χ0) is 22.0. The lowest BCUT2D eigenvalue weighted by atomic mass is 9.83. The smallest absolute Gasteiger partial charge is 0.303 e. The van der Waals surface area contributed by atoms with Crippen LogP contribution in [0, 0.1) is 0 Å². The molecule has 0 atom stereocenters. The van der Waals surface area contributed by atoms with Gasteiger partial charge in [0.25, 0.3) is 0 Å². The maximum atomic E-state index is 13.5. The Labute approximate surface area is 179 Å². The summed E-state index contributed by atoms with van der Waals surface area (Å²) in [6, 6.07) is 17.9. The van der Waals surface area contributed by atoms with E-state index in [9.17, 15) is 9.59 Å². The Morgan fingerprint density at radius 2 is 1.57 bits per heavy atom. The first kappa shape index (κ1) is 23.5. The number of rotatable bonds is 12. The molecule has 0 aromatic heterocycles. The van der Waals surface area contributed by atoms with E-state index >= 15 is 0 Å². The second-order valence-corrected chi connectivity index (χ2v) is 8.09. The number of benzene rings is 2. The van der Waals surface area contributed by atoms with Crippen LogP contribution in [0.5, 0.6) is 5.75 Å². The Morgan fingerprint density at radius 1 is 0.933 bits per heavy atom. The molecule has 0 aliphatic carbocycles. The standard InChI is InChI=1S/C25H33NO4/c1-25(2,21-14-16-22(30-3)17-15-21)24(29)26(18-8-7-13-23(27)28)19-9-12-20-10-5-4-6-11-20/h4-6,10-11,14-17H,7-9,12-13,18-19H2,1-3H3,(H,27,28). The zero-order valence-corrected chi connectivity index (χ0v) is 18.3. The average molecular weight is 412 g/mol. The predicted octanol–water partition coefficient (Wildman–Crippen LogP) is 4.69. The summed E-state index contributed by atoms with van der Waals surface area (Å²) in [7, 11) is 1.62. The minimum atomic E-state index is -0.796. The molecule has 30 heavy (non-hydrogen) atoms. The number of ether oxygens (including phenoxy) is 1. The number of carboxylic acid groups (broad SMARTS) is 1. The van der Waals surface area contributed by atoms with Crippen molar-refractivity contribution in [1.82, 2.24) is 4.90 Å². The van der Waals surface area contributed by atoms with Crippen LogP contribution >= 0.6 is 0 Å². The van der Waals surface area contributed by atoms with Gasteiger partial charge in [0.05, 0.1) is 12.5 Å². The van der Waals surface area contributed by atoms with Crippen molar-refractivity contribution in [1.29, 1.82) is 0 Å². The number of carbonyl (C=O) groups excluding carboxylic acids is 1. The number of aliphatic carboxylic acids is 1. The Balaban J connectivity index is 2.06. The normalized spacial score (nSPS) is 11.2. The molecule has 2 aromatic rings.